The zero-order valence-electron chi connectivity index (χ0n) is 13.1. The van der Waals surface area contributed by atoms with Gasteiger partial charge in [-0.25, -0.2) is 13.1 Å². The Kier molecular flexibility index (Phi) is 5.18. The molecule has 0 amide bonds. The molecule has 0 aliphatic carbocycles. The summed E-state index contributed by atoms with van der Waals surface area (Å²) in [6.07, 6.45) is 0. The van der Waals surface area contributed by atoms with Crippen LogP contribution in [0.5, 0.6) is 0 Å². The third-order valence-corrected chi connectivity index (χ3v) is 5.39. The second-order valence-electron chi connectivity index (χ2n) is 5.54. The summed E-state index contributed by atoms with van der Waals surface area (Å²) in [5.41, 5.74) is 8.73. The van der Waals surface area contributed by atoms with Crippen molar-refractivity contribution in [3.63, 3.8) is 0 Å². The van der Waals surface area contributed by atoms with Crippen molar-refractivity contribution in [2.45, 2.75) is 38.6 Å². The minimum atomic E-state index is -3.55. The molecule has 0 aliphatic rings. The largest absolute Gasteiger partial charge is 0.398 e. The van der Waals surface area contributed by atoms with E-state index < -0.39 is 10.0 Å². The van der Waals surface area contributed by atoms with Gasteiger partial charge in [-0.05, 0) is 58.5 Å². The molecule has 0 bridgehead atoms. The number of benzene rings is 1. The van der Waals surface area contributed by atoms with E-state index >= 15 is 0 Å². The molecular formula is C14H25N3O2S. The Bertz CT molecular complexity index is 595. The molecule has 1 aromatic carbocycles. The topological polar surface area (TPSA) is 75.4 Å². The molecule has 5 nitrogen and oxygen atoms in total. The lowest BCUT2D eigenvalue weighted by molar-refractivity contribution is 0.314. The van der Waals surface area contributed by atoms with Crippen LogP contribution in [0, 0.1) is 20.8 Å². The monoisotopic (exact) mass is 299 g/mol. The first-order valence-electron chi connectivity index (χ1n) is 6.60. The Balaban J connectivity index is 3.14. The van der Waals surface area contributed by atoms with Crippen molar-refractivity contribution in [1.82, 2.24) is 9.62 Å². The van der Waals surface area contributed by atoms with E-state index in [9.17, 15) is 8.42 Å². The Morgan fingerprint density at radius 3 is 2.30 bits per heavy atom. The van der Waals surface area contributed by atoms with E-state index in [1.54, 1.807) is 13.8 Å². The average Bonchev–Trinajstić information content (AvgIpc) is 2.32. The van der Waals surface area contributed by atoms with Crippen molar-refractivity contribution >= 4 is 15.7 Å². The maximum absolute atomic E-state index is 12.5. The summed E-state index contributed by atoms with van der Waals surface area (Å²) in [5, 5.41) is 0. The predicted molar refractivity (Wildman–Crippen MR) is 83.4 cm³/mol. The standard InChI is InChI=1S/C14H25N3O2S/c1-9-7-10(2)14(12(4)13(9)15)20(18,19)16-8-11(3)17(5)6/h7,11,16H,8,15H2,1-6H3. The number of rotatable bonds is 5. The molecule has 0 saturated carbocycles. The van der Waals surface area contributed by atoms with Gasteiger partial charge in [-0.3, -0.25) is 0 Å². The Hall–Kier alpha value is -1.11. The summed E-state index contributed by atoms with van der Waals surface area (Å²) in [4.78, 5) is 2.26. The minimum Gasteiger partial charge on any atom is -0.398 e. The van der Waals surface area contributed by atoms with Crippen LogP contribution in [0.25, 0.3) is 0 Å². The van der Waals surface area contributed by atoms with Crippen LogP contribution in [0.15, 0.2) is 11.0 Å². The molecule has 6 heteroatoms. The number of nitrogens with two attached hydrogens (primary N) is 1. The third kappa shape index (κ3) is 3.50. The molecular weight excluding hydrogens is 274 g/mol. The second-order valence-corrected chi connectivity index (χ2v) is 7.25. The van der Waals surface area contributed by atoms with E-state index in [0.29, 0.717) is 22.7 Å². The Labute approximate surface area is 122 Å². The van der Waals surface area contributed by atoms with Crippen LogP contribution in [0.2, 0.25) is 0 Å². The summed E-state index contributed by atoms with van der Waals surface area (Å²) in [6.45, 7) is 7.75. The fourth-order valence-electron chi connectivity index (χ4n) is 2.08. The minimum absolute atomic E-state index is 0.119. The van der Waals surface area contributed by atoms with E-state index in [0.717, 1.165) is 11.1 Å². The molecule has 0 spiro atoms. The Morgan fingerprint density at radius 1 is 1.25 bits per heavy atom. The third-order valence-electron chi connectivity index (χ3n) is 3.68. The fourth-order valence-corrected chi connectivity index (χ4v) is 3.68. The normalized spacial score (nSPS) is 13.8. The van der Waals surface area contributed by atoms with E-state index in [1.165, 1.54) is 0 Å². The van der Waals surface area contributed by atoms with E-state index in [1.807, 2.05) is 38.9 Å². The van der Waals surface area contributed by atoms with Gasteiger partial charge in [0.2, 0.25) is 10.0 Å². The first-order chi connectivity index (χ1) is 9.08. The van der Waals surface area contributed by atoms with Crippen LogP contribution in [0.3, 0.4) is 0 Å². The molecule has 114 valence electrons. The fraction of sp³-hybridized carbons (Fsp3) is 0.571. The zero-order chi connectivity index (χ0) is 15.7. The van der Waals surface area contributed by atoms with Crippen molar-refractivity contribution in [3.05, 3.63) is 22.8 Å². The molecule has 0 heterocycles. The van der Waals surface area contributed by atoms with Crippen LogP contribution in [-0.2, 0) is 10.0 Å². The molecule has 0 saturated heterocycles. The quantitative estimate of drug-likeness (QED) is 0.806. The SMILES string of the molecule is Cc1cc(C)c(S(=O)(=O)NCC(C)N(C)C)c(C)c1N. The number of nitrogen functional groups attached to an aromatic ring is 1. The van der Waals surface area contributed by atoms with Gasteiger partial charge in [-0.15, -0.1) is 0 Å². The van der Waals surface area contributed by atoms with Gasteiger partial charge in [0.15, 0.2) is 0 Å². The lowest BCUT2D eigenvalue weighted by atomic mass is 10.1. The summed E-state index contributed by atoms with van der Waals surface area (Å²) in [7, 11) is 0.286. The number of sulfonamides is 1. The number of nitrogens with one attached hydrogen (secondary N) is 1. The average molecular weight is 299 g/mol. The maximum Gasteiger partial charge on any atom is 0.241 e. The lowest BCUT2D eigenvalue weighted by Gasteiger charge is -2.21. The van der Waals surface area contributed by atoms with Crippen LogP contribution in [-0.4, -0.2) is 40.0 Å². The summed E-state index contributed by atoms with van der Waals surface area (Å²) in [5.74, 6) is 0. The van der Waals surface area contributed by atoms with Crippen LogP contribution >= 0.6 is 0 Å². The van der Waals surface area contributed by atoms with E-state index in [2.05, 4.69) is 4.72 Å². The van der Waals surface area contributed by atoms with Crippen molar-refractivity contribution in [3.8, 4) is 0 Å². The van der Waals surface area contributed by atoms with E-state index in [-0.39, 0.29) is 6.04 Å². The highest BCUT2D eigenvalue weighted by Gasteiger charge is 2.22. The number of aryl methyl sites for hydroxylation is 2. The van der Waals surface area contributed by atoms with Crippen molar-refractivity contribution < 1.29 is 8.42 Å². The molecule has 20 heavy (non-hydrogen) atoms. The molecule has 0 aliphatic heterocycles. The molecule has 0 fully saturated rings. The molecule has 1 unspecified atom stereocenters. The molecule has 1 atom stereocenters. The van der Waals surface area contributed by atoms with Crippen LogP contribution in [0.4, 0.5) is 5.69 Å². The predicted octanol–water partition coefficient (Wildman–Crippen LogP) is 1.42. The van der Waals surface area contributed by atoms with Gasteiger partial charge in [-0.1, -0.05) is 6.07 Å². The van der Waals surface area contributed by atoms with Gasteiger partial charge in [0.25, 0.3) is 0 Å². The molecule has 3 N–H and O–H groups in total. The van der Waals surface area contributed by atoms with Crippen molar-refractivity contribution in [2.75, 3.05) is 26.4 Å². The lowest BCUT2D eigenvalue weighted by Crippen LogP contribution is -2.38. The smallest absolute Gasteiger partial charge is 0.241 e. The Morgan fingerprint density at radius 2 is 1.80 bits per heavy atom. The first kappa shape index (κ1) is 16.9. The van der Waals surface area contributed by atoms with Crippen molar-refractivity contribution in [1.29, 1.82) is 0 Å². The molecule has 1 rings (SSSR count). The van der Waals surface area contributed by atoms with Crippen LogP contribution < -0.4 is 10.5 Å². The van der Waals surface area contributed by atoms with Gasteiger partial charge in [0.1, 0.15) is 0 Å². The number of anilines is 1. The van der Waals surface area contributed by atoms with Gasteiger partial charge >= 0.3 is 0 Å². The molecule has 0 aromatic heterocycles. The number of nitrogens with zero attached hydrogens (tertiary/aromatic N) is 1. The maximum atomic E-state index is 12.5. The van der Waals surface area contributed by atoms with Gasteiger partial charge < -0.3 is 10.6 Å². The number of hydrogen-bond donors (Lipinski definition) is 2. The second kappa shape index (κ2) is 6.11. The van der Waals surface area contributed by atoms with Gasteiger partial charge in [0.05, 0.1) is 4.90 Å². The highest BCUT2D eigenvalue weighted by atomic mass is 32.2. The van der Waals surface area contributed by atoms with Gasteiger partial charge in [-0.2, -0.15) is 0 Å². The highest BCUT2D eigenvalue weighted by molar-refractivity contribution is 7.89. The first-order valence-corrected chi connectivity index (χ1v) is 8.08. The zero-order valence-corrected chi connectivity index (χ0v) is 13.9. The number of likely N-dealkylation sites (N-methyl/N-ethyl adjacent to an activating group) is 1. The number of hydrogen-bond acceptors (Lipinski definition) is 4. The highest BCUT2D eigenvalue weighted by Crippen LogP contribution is 2.27. The van der Waals surface area contributed by atoms with E-state index in [4.69, 9.17) is 5.73 Å². The molecule has 0 radical (unpaired) electrons. The summed E-state index contributed by atoms with van der Waals surface area (Å²) < 4.78 is 27.6. The van der Waals surface area contributed by atoms with Gasteiger partial charge in [0, 0.05) is 18.3 Å². The summed E-state index contributed by atoms with van der Waals surface area (Å²) >= 11 is 0. The van der Waals surface area contributed by atoms with Crippen LogP contribution in [0.1, 0.15) is 23.6 Å². The molecule has 1 aromatic rings. The van der Waals surface area contributed by atoms with Crippen molar-refractivity contribution in [2.24, 2.45) is 0 Å². The summed E-state index contributed by atoms with van der Waals surface area (Å²) in [6, 6.07) is 1.93.